The van der Waals surface area contributed by atoms with Crippen molar-refractivity contribution in [1.82, 2.24) is 9.80 Å². The van der Waals surface area contributed by atoms with Gasteiger partial charge in [-0.25, -0.2) is 4.39 Å². The fourth-order valence-electron chi connectivity index (χ4n) is 5.37. The number of carbonyl (C=O) groups is 2. The third-order valence-corrected chi connectivity index (χ3v) is 7.81. The zero-order chi connectivity index (χ0) is 27.8. The summed E-state index contributed by atoms with van der Waals surface area (Å²) in [5, 5.41) is 6.24. The van der Waals surface area contributed by atoms with Crippen LogP contribution in [-0.4, -0.2) is 75.0 Å². The Bertz CT molecular complexity index is 1500. The van der Waals surface area contributed by atoms with Crippen LogP contribution in [0.25, 0.3) is 11.3 Å². The van der Waals surface area contributed by atoms with Crippen LogP contribution in [0.4, 0.5) is 21.5 Å². The van der Waals surface area contributed by atoms with Gasteiger partial charge in [0.15, 0.2) is 0 Å². The Balaban J connectivity index is 1.28. The van der Waals surface area contributed by atoms with E-state index in [9.17, 15) is 14.0 Å². The maximum Gasteiger partial charge on any atom is 0.258 e. The Labute approximate surface area is 233 Å². The molecule has 0 aliphatic carbocycles. The predicted octanol–water partition coefficient (Wildman–Crippen LogP) is 3.90. The summed E-state index contributed by atoms with van der Waals surface area (Å²) in [6.45, 7) is 4.71. The summed E-state index contributed by atoms with van der Waals surface area (Å²) in [7, 11) is 3.89. The first kappa shape index (κ1) is 26.0. The molecule has 0 aromatic heterocycles. The molecule has 3 aliphatic rings. The van der Waals surface area contributed by atoms with Crippen LogP contribution in [0.1, 0.15) is 16.7 Å². The summed E-state index contributed by atoms with van der Waals surface area (Å²) in [6, 6.07) is 17.8. The molecule has 0 spiro atoms. The number of halogens is 1. The van der Waals surface area contributed by atoms with Gasteiger partial charge in [-0.15, -0.1) is 0 Å². The van der Waals surface area contributed by atoms with Gasteiger partial charge >= 0.3 is 0 Å². The monoisotopic (exact) mass is 541 g/mol. The molecule has 8 nitrogen and oxygen atoms in total. The maximum absolute atomic E-state index is 13.9. The van der Waals surface area contributed by atoms with E-state index in [1.165, 1.54) is 12.1 Å². The van der Waals surface area contributed by atoms with Gasteiger partial charge in [-0.3, -0.25) is 14.5 Å². The molecule has 3 aliphatic heterocycles. The number of anilines is 3. The highest BCUT2D eigenvalue weighted by Crippen LogP contribution is 2.39. The Morgan fingerprint density at radius 3 is 2.60 bits per heavy atom. The molecule has 2 amide bonds. The smallest absolute Gasteiger partial charge is 0.258 e. The Morgan fingerprint density at radius 2 is 1.82 bits per heavy atom. The molecule has 206 valence electrons. The number of likely N-dealkylation sites (N-methyl/N-ethyl adjacent to an activating group) is 2. The van der Waals surface area contributed by atoms with Crippen molar-refractivity contribution in [2.75, 3.05) is 69.0 Å². The molecule has 0 radical (unpaired) electrons. The average Bonchev–Trinajstić information content (AvgIpc) is 3.55. The molecular formula is C31H32FN5O3. The van der Waals surface area contributed by atoms with Gasteiger partial charge in [0.05, 0.1) is 30.1 Å². The van der Waals surface area contributed by atoms with Crippen LogP contribution in [0.15, 0.2) is 60.7 Å². The lowest BCUT2D eigenvalue weighted by atomic mass is 9.98. The van der Waals surface area contributed by atoms with Crippen LogP contribution in [0, 0.1) is 5.82 Å². The van der Waals surface area contributed by atoms with Crippen molar-refractivity contribution in [2.45, 2.75) is 6.42 Å². The highest BCUT2D eigenvalue weighted by Gasteiger charge is 2.29. The van der Waals surface area contributed by atoms with E-state index in [2.05, 4.69) is 27.5 Å². The molecule has 2 N–H and O–H groups in total. The van der Waals surface area contributed by atoms with Crippen molar-refractivity contribution in [3.8, 4) is 5.75 Å². The number of hydrogen-bond donors (Lipinski definition) is 2. The Morgan fingerprint density at radius 1 is 1.05 bits per heavy atom. The van der Waals surface area contributed by atoms with E-state index in [1.807, 2.05) is 42.5 Å². The average molecular weight is 542 g/mol. The fourth-order valence-corrected chi connectivity index (χ4v) is 5.37. The second-order valence-electron chi connectivity index (χ2n) is 10.5. The molecule has 3 heterocycles. The number of nitrogens with one attached hydrogen (secondary N) is 2. The van der Waals surface area contributed by atoms with Crippen LogP contribution >= 0.6 is 0 Å². The van der Waals surface area contributed by atoms with Crippen LogP contribution in [0.2, 0.25) is 0 Å². The maximum atomic E-state index is 13.9. The van der Waals surface area contributed by atoms with Gasteiger partial charge in [0, 0.05) is 56.6 Å². The van der Waals surface area contributed by atoms with Gasteiger partial charge in [0.1, 0.15) is 11.6 Å². The van der Waals surface area contributed by atoms with E-state index in [4.69, 9.17) is 4.74 Å². The molecule has 9 heteroatoms. The molecule has 40 heavy (non-hydrogen) atoms. The minimum Gasteiger partial charge on any atom is -0.493 e. The molecule has 0 atom stereocenters. The highest BCUT2D eigenvalue weighted by atomic mass is 19.1. The third-order valence-electron chi connectivity index (χ3n) is 7.81. The van der Waals surface area contributed by atoms with Crippen LogP contribution in [0.5, 0.6) is 5.75 Å². The van der Waals surface area contributed by atoms with Crippen molar-refractivity contribution < 1.29 is 18.7 Å². The molecule has 0 unspecified atom stereocenters. The Kier molecular flexibility index (Phi) is 7.00. The topological polar surface area (TPSA) is 77.2 Å². The highest BCUT2D eigenvalue weighted by molar-refractivity contribution is 6.37. The zero-order valence-corrected chi connectivity index (χ0v) is 22.7. The number of rotatable bonds is 6. The number of fused-ring (bicyclic) bond motifs is 2. The molecule has 3 aromatic carbocycles. The summed E-state index contributed by atoms with van der Waals surface area (Å²) in [6.07, 6.45) is 0.795. The van der Waals surface area contributed by atoms with Gasteiger partial charge in [-0.2, -0.15) is 0 Å². The lowest BCUT2D eigenvalue weighted by Gasteiger charge is -2.32. The van der Waals surface area contributed by atoms with Crippen molar-refractivity contribution in [1.29, 1.82) is 0 Å². The quantitative estimate of drug-likeness (QED) is 0.461. The molecule has 0 saturated carbocycles. The lowest BCUT2D eigenvalue weighted by Crippen LogP contribution is -2.48. The predicted molar refractivity (Wildman–Crippen MR) is 155 cm³/mol. The zero-order valence-electron chi connectivity index (χ0n) is 22.7. The molecule has 0 bridgehead atoms. The minimum absolute atomic E-state index is 0.0416. The first-order valence-electron chi connectivity index (χ1n) is 13.5. The van der Waals surface area contributed by atoms with Crippen molar-refractivity contribution in [2.24, 2.45) is 0 Å². The first-order valence-corrected chi connectivity index (χ1v) is 13.5. The number of hydrogen-bond acceptors (Lipinski definition) is 6. The number of piperazine rings is 1. The van der Waals surface area contributed by atoms with Gasteiger partial charge in [0.25, 0.3) is 5.91 Å². The molecular weight excluding hydrogens is 509 g/mol. The van der Waals surface area contributed by atoms with Gasteiger partial charge in [0.2, 0.25) is 5.91 Å². The van der Waals surface area contributed by atoms with Crippen molar-refractivity contribution in [3.05, 3.63) is 83.2 Å². The SMILES string of the molecule is CN1CCN(CC(=O)N(C)c2ccc(N/C(=C3\C(=O)Nc4cc(F)ccc43)c3ccc4c(c3)CCO4)cc2)CC1. The van der Waals surface area contributed by atoms with E-state index >= 15 is 0 Å². The van der Waals surface area contributed by atoms with Crippen LogP contribution < -0.4 is 20.3 Å². The number of ether oxygens (including phenoxy) is 1. The molecule has 6 rings (SSSR count). The number of benzene rings is 3. The summed E-state index contributed by atoms with van der Waals surface area (Å²) < 4.78 is 19.6. The van der Waals surface area contributed by atoms with E-state index in [0.29, 0.717) is 35.7 Å². The van der Waals surface area contributed by atoms with Crippen LogP contribution in [-0.2, 0) is 16.0 Å². The summed E-state index contributed by atoms with van der Waals surface area (Å²) in [5.41, 5.74) is 5.58. The fraction of sp³-hybridized carbons (Fsp3) is 0.290. The molecule has 1 saturated heterocycles. The summed E-state index contributed by atoms with van der Waals surface area (Å²) >= 11 is 0. The molecule has 1 fully saturated rings. The van der Waals surface area contributed by atoms with E-state index < -0.39 is 5.82 Å². The standard InChI is InChI=1S/C31H32FN5O3/c1-35-12-14-37(15-13-35)19-28(38)36(2)24-7-5-23(6-8-24)33-30(21-3-10-27-20(17-21)11-16-40-27)29-25-9-4-22(32)18-26(25)34-31(29)39/h3-10,17-18,33H,11-16,19H2,1-2H3,(H,34,39)/b30-29-. The summed E-state index contributed by atoms with van der Waals surface area (Å²) in [5.74, 6) is 0.178. The van der Waals surface area contributed by atoms with E-state index in [1.54, 1.807) is 18.0 Å². The van der Waals surface area contributed by atoms with Crippen molar-refractivity contribution in [3.63, 3.8) is 0 Å². The number of amides is 2. The van der Waals surface area contributed by atoms with Crippen LogP contribution in [0.3, 0.4) is 0 Å². The second-order valence-corrected chi connectivity index (χ2v) is 10.5. The van der Waals surface area contributed by atoms with E-state index in [0.717, 1.165) is 60.9 Å². The second kappa shape index (κ2) is 10.7. The lowest BCUT2D eigenvalue weighted by molar-refractivity contribution is -0.119. The summed E-state index contributed by atoms with van der Waals surface area (Å²) in [4.78, 5) is 32.3. The number of nitrogens with zero attached hydrogens (tertiary/aromatic N) is 3. The van der Waals surface area contributed by atoms with E-state index in [-0.39, 0.29) is 11.8 Å². The van der Waals surface area contributed by atoms with Gasteiger partial charge < -0.3 is 25.2 Å². The normalized spacial score (nSPS) is 18.0. The number of carbonyl (C=O) groups excluding carboxylic acids is 2. The largest absolute Gasteiger partial charge is 0.493 e. The minimum atomic E-state index is -0.411. The van der Waals surface area contributed by atoms with Gasteiger partial charge in [-0.1, -0.05) is 0 Å². The molecule has 3 aromatic rings. The van der Waals surface area contributed by atoms with Crippen molar-refractivity contribution >= 4 is 40.1 Å². The van der Waals surface area contributed by atoms with Gasteiger partial charge in [-0.05, 0) is 78.8 Å². The Hall–Kier alpha value is -4.21. The first-order chi connectivity index (χ1) is 19.4. The third kappa shape index (κ3) is 5.17.